The lowest BCUT2D eigenvalue weighted by molar-refractivity contribution is -0.144. The number of carbonyl (C=O) groups is 2. The first-order chi connectivity index (χ1) is 10.6. The third-order valence-electron chi connectivity index (χ3n) is 5.02. The highest BCUT2D eigenvalue weighted by molar-refractivity contribution is 6.62. The van der Waals surface area contributed by atoms with Gasteiger partial charge in [0.1, 0.15) is 17.5 Å². The Balaban J connectivity index is 1.89. The number of hydrogen-bond donors (Lipinski definition) is 0. The number of ether oxygens (including phenoxy) is 1. The summed E-state index contributed by atoms with van der Waals surface area (Å²) in [7, 11) is -0.473. The Bertz CT molecular complexity index is 664. The first-order valence-corrected chi connectivity index (χ1v) is 7.81. The lowest BCUT2D eigenvalue weighted by atomic mass is 9.77. The van der Waals surface area contributed by atoms with E-state index in [0.717, 1.165) is 11.0 Å². The highest BCUT2D eigenvalue weighted by Gasteiger charge is 2.51. The molecule has 122 valence electrons. The van der Waals surface area contributed by atoms with Gasteiger partial charge in [-0.1, -0.05) is 12.1 Å². The van der Waals surface area contributed by atoms with E-state index in [1.165, 1.54) is 6.92 Å². The summed E-state index contributed by atoms with van der Waals surface area (Å²) < 4.78 is 17.3. The largest absolute Gasteiger partial charge is 0.494 e. The molecule has 0 spiro atoms. The molecule has 0 aromatic heterocycles. The fourth-order valence-corrected chi connectivity index (χ4v) is 2.78. The third-order valence-corrected chi connectivity index (χ3v) is 5.02. The SMILES string of the molecule is CC(=O)C1Cc2cc(B3OC(C)(C)C(C)(C)O3)ccc2OC1=O. The normalized spacial score (nSPS) is 25.0. The number of ketones is 1. The van der Waals surface area contributed by atoms with Crippen molar-refractivity contribution in [3.05, 3.63) is 23.8 Å². The number of fused-ring (bicyclic) bond motifs is 1. The van der Waals surface area contributed by atoms with E-state index < -0.39 is 30.2 Å². The van der Waals surface area contributed by atoms with Crippen LogP contribution >= 0.6 is 0 Å². The molecule has 0 amide bonds. The summed E-state index contributed by atoms with van der Waals surface area (Å²) in [6, 6.07) is 5.48. The molecule has 1 aromatic rings. The maximum Gasteiger partial charge on any atom is 0.494 e. The Hall–Kier alpha value is -1.66. The van der Waals surface area contributed by atoms with E-state index in [4.69, 9.17) is 14.0 Å². The molecule has 23 heavy (non-hydrogen) atoms. The molecule has 1 atom stereocenters. The molecular formula is C17H21BO5. The summed E-state index contributed by atoms with van der Waals surface area (Å²) in [4.78, 5) is 23.4. The van der Waals surface area contributed by atoms with Crippen molar-refractivity contribution >= 4 is 24.3 Å². The Morgan fingerprint density at radius 2 is 1.78 bits per heavy atom. The number of benzene rings is 1. The fourth-order valence-electron chi connectivity index (χ4n) is 2.78. The summed E-state index contributed by atoms with van der Waals surface area (Å²) in [5.41, 5.74) is 0.865. The van der Waals surface area contributed by atoms with Gasteiger partial charge in [0, 0.05) is 0 Å². The molecule has 1 unspecified atom stereocenters. The second-order valence-electron chi connectivity index (χ2n) is 7.24. The number of rotatable bonds is 2. The van der Waals surface area contributed by atoms with Crippen LogP contribution in [0.15, 0.2) is 18.2 Å². The van der Waals surface area contributed by atoms with Gasteiger partial charge >= 0.3 is 13.1 Å². The minimum absolute atomic E-state index is 0.179. The van der Waals surface area contributed by atoms with Gasteiger partial charge in [-0.15, -0.1) is 0 Å². The van der Waals surface area contributed by atoms with Gasteiger partial charge in [0.25, 0.3) is 0 Å². The van der Waals surface area contributed by atoms with Crippen molar-refractivity contribution in [3.8, 4) is 5.75 Å². The summed E-state index contributed by atoms with van der Waals surface area (Å²) in [5, 5.41) is 0. The molecule has 0 radical (unpaired) electrons. The van der Waals surface area contributed by atoms with Crippen molar-refractivity contribution in [2.45, 2.75) is 52.2 Å². The average molecular weight is 316 g/mol. The molecular weight excluding hydrogens is 295 g/mol. The zero-order valence-electron chi connectivity index (χ0n) is 14.1. The van der Waals surface area contributed by atoms with Crippen molar-refractivity contribution in [3.63, 3.8) is 0 Å². The van der Waals surface area contributed by atoms with Gasteiger partial charge in [0.05, 0.1) is 11.2 Å². The number of Topliss-reactive ketones (excluding diaryl/α,β-unsaturated/α-hetero) is 1. The predicted molar refractivity (Wildman–Crippen MR) is 85.7 cm³/mol. The molecule has 6 heteroatoms. The van der Waals surface area contributed by atoms with E-state index in [1.807, 2.05) is 39.8 Å². The van der Waals surface area contributed by atoms with Crippen LogP contribution in [0, 0.1) is 5.92 Å². The van der Waals surface area contributed by atoms with Crippen LogP contribution in [0.1, 0.15) is 40.2 Å². The highest BCUT2D eigenvalue weighted by atomic mass is 16.7. The topological polar surface area (TPSA) is 61.8 Å². The number of esters is 1. The van der Waals surface area contributed by atoms with Crippen molar-refractivity contribution in [1.29, 1.82) is 0 Å². The van der Waals surface area contributed by atoms with Crippen LogP contribution in [-0.4, -0.2) is 30.1 Å². The van der Waals surface area contributed by atoms with E-state index in [2.05, 4.69) is 0 Å². The van der Waals surface area contributed by atoms with Gasteiger partial charge in [-0.25, -0.2) is 0 Å². The highest BCUT2D eigenvalue weighted by Crippen LogP contribution is 2.37. The lowest BCUT2D eigenvalue weighted by Gasteiger charge is -2.32. The van der Waals surface area contributed by atoms with Crippen LogP contribution in [-0.2, 0) is 25.3 Å². The Morgan fingerprint density at radius 1 is 1.17 bits per heavy atom. The quantitative estimate of drug-likeness (QED) is 0.359. The summed E-state index contributed by atoms with van der Waals surface area (Å²) >= 11 is 0. The van der Waals surface area contributed by atoms with Crippen LogP contribution in [0.5, 0.6) is 5.75 Å². The second-order valence-corrected chi connectivity index (χ2v) is 7.24. The van der Waals surface area contributed by atoms with Gasteiger partial charge in [-0.05, 0) is 58.1 Å². The smallest absolute Gasteiger partial charge is 0.426 e. The van der Waals surface area contributed by atoms with Crippen molar-refractivity contribution < 1.29 is 23.6 Å². The molecule has 0 bridgehead atoms. The van der Waals surface area contributed by atoms with Crippen molar-refractivity contribution in [1.82, 2.24) is 0 Å². The minimum atomic E-state index is -0.726. The summed E-state index contributed by atoms with van der Waals surface area (Å²) in [6.07, 6.45) is 0.358. The monoisotopic (exact) mass is 316 g/mol. The van der Waals surface area contributed by atoms with Crippen LogP contribution in [0.2, 0.25) is 0 Å². The zero-order chi connectivity index (χ0) is 17.0. The average Bonchev–Trinajstić information content (AvgIpc) is 2.66. The standard InChI is InChI=1S/C17H21BO5/c1-10(19)13-9-11-8-12(6-7-14(11)21-15(13)20)18-22-16(2,3)17(4,5)23-18/h6-8,13H,9H2,1-5H3. The van der Waals surface area contributed by atoms with Gasteiger partial charge in [-0.2, -0.15) is 0 Å². The van der Waals surface area contributed by atoms with Crippen LogP contribution in [0.4, 0.5) is 0 Å². The minimum Gasteiger partial charge on any atom is -0.426 e. The van der Waals surface area contributed by atoms with Gasteiger partial charge in [-0.3, -0.25) is 9.59 Å². The van der Waals surface area contributed by atoms with E-state index in [-0.39, 0.29) is 5.78 Å². The lowest BCUT2D eigenvalue weighted by Crippen LogP contribution is -2.41. The molecule has 0 saturated carbocycles. The maximum atomic E-state index is 11.8. The van der Waals surface area contributed by atoms with Gasteiger partial charge < -0.3 is 14.0 Å². The van der Waals surface area contributed by atoms with Gasteiger partial charge in [0.2, 0.25) is 0 Å². The predicted octanol–water partition coefficient (Wildman–Crippen LogP) is 1.65. The van der Waals surface area contributed by atoms with Crippen molar-refractivity contribution in [2.24, 2.45) is 5.92 Å². The second kappa shape index (κ2) is 5.18. The molecule has 3 rings (SSSR count). The summed E-state index contributed by atoms with van der Waals surface area (Å²) in [5.74, 6) is -0.876. The molecule has 1 fully saturated rings. The molecule has 2 heterocycles. The van der Waals surface area contributed by atoms with E-state index in [9.17, 15) is 9.59 Å². The molecule has 5 nitrogen and oxygen atoms in total. The Labute approximate surface area is 136 Å². The van der Waals surface area contributed by atoms with Crippen LogP contribution in [0.3, 0.4) is 0 Å². The van der Waals surface area contributed by atoms with E-state index >= 15 is 0 Å². The molecule has 1 aromatic carbocycles. The maximum absolute atomic E-state index is 11.8. The Kier molecular flexibility index (Phi) is 3.65. The number of hydrogen-bond acceptors (Lipinski definition) is 5. The molecule has 2 aliphatic heterocycles. The van der Waals surface area contributed by atoms with E-state index in [0.29, 0.717) is 12.2 Å². The van der Waals surface area contributed by atoms with Crippen molar-refractivity contribution in [2.75, 3.05) is 0 Å². The van der Waals surface area contributed by atoms with E-state index in [1.54, 1.807) is 6.07 Å². The molecule has 0 N–H and O–H groups in total. The summed E-state index contributed by atoms with van der Waals surface area (Å²) in [6.45, 7) is 9.41. The van der Waals surface area contributed by atoms with Crippen LogP contribution in [0.25, 0.3) is 0 Å². The Morgan fingerprint density at radius 3 is 2.35 bits per heavy atom. The zero-order valence-corrected chi connectivity index (χ0v) is 14.1. The third kappa shape index (κ3) is 2.70. The fraction of sp³-hybridized carbons (Fsp3) is 0.529. The molecule has 1 saturated heterocycles. The molecule has 0 aliphatic carbocycles. The van der Waals surface area contributed by atoms with Crippen LogP contribution < -0.4 is 10.2 Å². The molecule has 2 aliphatic rings. The first-order valence-electron chi connectivity index (χ1n) is 7.81. The number of carbonyl (C=O) groups excluding carboxylic acids is 2. The van der Waals surface area contributed by atoms with Gasteiger partial charge in [0.15, 0.2) is 0 Å². The first kappa shape index (κ1) is 16.2.